The first kappa shape index (κ1) is 13.8. The van der Waals surface area contributed by atoms with Crippen molar-refractivity contribution in [2.24, 2.45) is 5.73 Å². The summed E-state index contributed by atoms with van der Waals surface area (Å²) in [6.07, 6.45) is 1.96. The van der Waals surface area contributed by atoms with Crippen molar-refractivity contribution in [3.8, 4) is 0 Å². The Balaban J connectivity index is 2.86. The zero-order valence-electron chi connectivity index (χ0n) is 10.4. The minimum Gasteiger partial charge on any atom is -0.466 e. The second-order valence-electron chi connectivity index (χ2n) is 3.62. The molecule has 0 atom stereocenters. The van der Waals surface area contributed by atoms with E-state index in [0.29, 0.717) is 5.69 Å². The quantitative estimate of drug-likeness (QED) is 0.606. The summed E-state index contributed by atoms with van der Waals surface area (Å²) in [5.74, 6) is -1.36. The molecule has 5 heteroatoms. The number of rotatable bonds is 5. The summed E-state index contributed by atoms with van der Waals surface area (Å²) < 4.78 is 4.44. The van der Waals surface area contributed by atoms with Crippen LogP contribution in [0, 0.1) is 0 Å². The van der Waals surface area contributed by atoms with Gasteiger partial charge in [-0.15, -0.1) is 0 Å². The van der Waals surface area contributed by atoms with E-state index in [1.165, 1.54) is 12.7 Å². The van der Waals surface area contributed by atoms with E-state index >= 15 is 0 Å². The minimum atomic E-state index is -0.722. The fraction of sp³-hybridized carbons (Fsp3) is 0.231. The highest BCUT2D eigenvalue weighted by Crippen LogP contribution is 2.12. The Bertz CT molecular complexity index is 464. The molecule has 0 bridgehead atoms. The number of carbonyl (C=O) groups is 2. The van der Waals surface area contributed by atoms with E-state index in [1.807, 2.05) is 24.3 Å². The van der Waals surface area contributed by atoms with E-state index in [9.17, 15) is 9.59 Å². The number of anilines is 1. The molecule has 18 heavy (non-hydrogen) atoms. The lowest BCUT2D eigenvalue weighted by Gasteiger charge is -2.08. The fourth-order valence-corrected chi connectivity index (χ4v) is 1.32. The van der Waals surface area contributed by atoms with Crippen molar-refractivity contribution < 1.29 is 14.3 Å². The molecule has 0 fully saturated rings. The molecule has 0 aliphatic heterocycles. The molecule has 0 unspecified atom stereocenters. The highest BCUT2D eigenvalue weighted by Gasteiger charge is 2.08. The van der Waals surface area contributed by atoms with Gasteiger partial charge < -0.3 is 15.8 Å². The molecule has 96 valence electrons. The maximum absolute atomic E-state index is 11.2. The van der Waals surface area contributed by atoms with E-state index < -0.39 is 11.9 Å². The van der Waals surface area contributed by atoms with Gasteiger partial charge in [-0.1, -0.05) is 19.1 Å². The Kier molecular flexibility index (Phi) is 4.92. The molecular weight excluding hydrogens is 232 g/mol. The van der Waals surface area contributed by atoms with Gasteiger partial charge in [-0.05, 0) is 24.1 Å². The van der Waals surface area contributed by atoms with Gasteiger partial charge in [-0.25, -0.2) is 4.79 Å². The monoisotopic (exact) mass is 248 g/mol. The zero-order chi connectivity index (χ0) is 13.5. The number of primary amides is 1. The number of ether oxygens (including phenoxy) is 1. The first-order valence-corrected chi connectivity index (χ1v) is 5.52. The molecule has 5 nitrogen and oxygen atoms in total. The highest BCUT2D eigenvalue weighted by atomic mass is 16.5. The third-order valence-electron chi connectivity index (χ3n) is 2.37. The summed E-state index contributed by atoms with van der Waals surface area (Å²) >= 11 is 0. The number of benzene rings is 1. The lowest BCUT2D eigenvalue weighted by Crippen LogP contribution is -2.21. The van der Waals surface area contributed by atoms with E-state index in [2.05, 4.69) is 17.0 Å². The van der Waals surface area contributed by atoms with E-state index in [0.717, 1.165) is 12.5 Å². The predicted octanol–water partition coefficient (Wildman–Crippen LogP) is 1.20. The van der Waals surface area contributed by atoms with Crippen LogP contribution in [0.15, 0.2) is 36.0 Å². The molecule has 0 aromatic heterocycles. The van der Waals surface area contributed by atoms with Gasteiger partial charge in [0, 0.05) is 5.69 Å². The van der Waals surface area contributed by atoms with Crippen molar-refractivity contribution in [2.75, 3.05) is 12.4 Å². The summed E-state index contributed by atoms with van der Waals surface area (Å²) in [4.78, 5) is 22.2. The molecule has 1 aromatic carbocycles. The number of nitrogens with two attached hydrogens (primary N) is 1. The molecular formula is C13H16N2O3. The van der Waals surface area contributed by atoms with Crippen LogP contribution >= 0.6 is 0 Å². The van der Waals surface area contributed by atoms with Crippen molar-refractivity contribution in [2.45, 2.75) is 13.3 Å². The molecule has 1 rings (SSSR count). The number of carbonyl (C=O) groups excluding carboxylic acids is 2. The third kappa shape index (κ3) is 3.93. The normalized spacial score (nSPS) is 10.9. The lowest BCUT2D eigenvalue weighted by atomic mass is 10.1. The molecule has 0 saturated heterocycles. The van der Waals surface area contributed by atoms with Crippen molar-refractivity contribution in [1.29, 1.82) is 0 Å². The van der Waals surface area contributed by atoms with Crippen LogP contribution in [0.4, 0.5) is 5.69 Å². The number of nitrogens with one attached hydrogen (secondary N) is 1. The summed E-state index contributed by atoms with van der Waals surface area (Å²) in [7, 11) is 1.23. The molecule has 0 heterocycles. The Morgan fingerprint density at radius 3 is 2.39 bits per heavy atom. The maximum Gasteiger partial charge on any atom is 0.332 e. The van der Waals surface area contributed by atoms with Gasteiger partial charge in [0.05, 0.1) is 13.2 Å². The van der Waals surface area contributed by atoms with Crippen LogP contribution in [0.5, 0.6) is 0 Å². The van der Waals surface area contributed by atoms with Crippen molar-refractivity contribution in [3.05, 3.63) is 41.6 Å². The van der Waals surface area contributed by atoms with Crippen LogP contribution in [0.2, 0.25) is 0 Å². The average Bonchev–Trinajstić information content (AvgIpc) is 2.38. The number of aryl methyl sites for hydroxylation is 1. The third-order valence-corrected chi connectivity index (χ3v) is 2.37. The summed E-state index contributed by atoms with van der Waals surface area (Å²) in [6.45, 7) is 2.05. The van der Waals surface area contributed by atoms with Crippen LogP contribution in [-0.2, 0) is 20.7 Å². The molecule has 1 aromatic rings. The average molecular weight is 248 g/mol. The molecule has 1 amide bonds. The number of methoxy groups -OCH3 is 1. The summed E-state index contributed by atoms with van der Waals surface area (Å²) in [5.41, 5.74) is 7.02. The zero-order valence-corrected chi connectivity index (χ0v) is 10.4. The molecule has 3 N–H and O–H groups in total. The first-order valence-electron chi connectivity index (χ1n) is 5.52. The smallest absolute Gasteiger partial charge is 0.332 e. The molecule has 0 aliphatic rings. The minimum absolute atomic E-state index is 0.00824. The Morgan fingerprint density at radius 2 is 1.94 bits per heavy atom. The lowest BCUT2D eigenvalue weighted by molar-refractivity contribution is -0.135. The van der Waals surface area contributed by atoms with Crippen molar-refractivity contribution in [3.63, 3.8) is 0 Å². The number of hydrogen-bond donors (Lipinski definition) is 2. The standard InChI is InChI=1S/C13H16N2O3/c1-3-9-4-6-10(7-5-9)15-11(13(14)17)8-12(16)18-2/h4-8,15H,3H2,1-2H3,(H2,14,17)/b11-8-. The largest absolute Gasteiger partial charge is 0.466 e. The second kappa shape index (κ2) is 6.44. The SMILES string of the molecule is CCc1ccc(N/C(=C\C(=O)OC)C(N)=O)cc1. The Labute approximate surface area is 106 Å². The van der Waals surface area contributed by atoms with Gasteiger partial charge in [0.1, 0.15) is 5.70 Å². The number of esters is 1. The number of hydrogen-bond acceptors (Lipinski definition) is 4. The van der Waals surface area contributed by atoms with E-state index in [1.54, 1.807) is 0 Å². The van der Waals surface area contributed by atoms with Crippen molar-refractivity contribution in [1.82, 2.24) is 0 Å². The van der Waals surface area contributed by atoms with E-state index in [-0.39, 0.29) is 5.70 Å². The van der Waals surface area contributed by atoms with Crippen LogP contribution in [-0.4, -0.2) is 19.0 Å². The highest BCUT2D eigenvalue weighted by molar-refractivity contribution is 6.00. The molecule has 0 aliphatic carbocycles. The van der Waals surface area contributed by atoms with Gasteiger partial charge >= 0.3 is 5.97 Å². The van der Waals surface area contributed by atoms with Crippen LogP contribution in [0.25, 0.3) is 0 Å². The predicted molar refractivity (Wildman–Crippen MR) is 68.7 cm³/mol. The topological polar surface area (TPSA) is 81.4 Å². The molecule has 0 radical (unpaired) electrons. The molecule has 0 saturated carbocycles. The molecule has 0 spiro atoms. The van der Waals surface area contributed by atoms with Crippen LogP contribution in [0.1, 0.15) is 12.5 Å². The second-order valence-corrected chi connectivity index (χ2v) is 3.62. The first-order chi connectivity index (χ1) is 8.56. The van der Waals surface area contributed by atoms with Gasteiger partial charge in [-0.3, -0.25) is 4.79 Å². The maximum atomic E-state index is 11.2. The Hall–Kier alpha value is -2.30. The van der Waals surface area contributed by atoms with Gasteiger partial charge in [-0.2, -0.15) is 0 Å². The van der Waals surface area contributed by atoms with E-state index in [4.69, 9.17) is 5.73 Å². The Morgan fingerprint density at radius 1 is 1.33 bits per heavy atom. The van der Waals surface area contributed by atoms with Gasteiger partial charge in [0.2, 0.25) is 0 Å². The van der Waals surface area contributed by atoms with Crippen LogP contribution in [0.3, 0.4) is 0 Å². The summed E-state index contributed by atoms with van der Waals surface area (Å²) in [6, 6.07) is 7.48. The van der Waals surface area contributed by atoms with Crippen LogP contribution < -0.4 is 11.1 Å². The van der Waals surface area contributed by atoms with Crippen molar-refractivity contribution >= 4 is 17.6 Å². The van der Waals surface area contributed by atoms with Gasteiger partial charge in [0.15, 0.2) is 0 Å². The summed E-state index contributed by atoms with van der Waals surface area (Å²) in [5, 5.41) is 2.78. The number of amides is 1. The fourth-order valence-electron chi connectivity index (χ4n) is 1.32. The van der Waals surface area contributed by atoms with Gasteiger partial charge in [0.25, 0.3) is 5.91 Å².